The molecule has 0 radical (unpaired) electrons. The first kappa shape index (κ1) is 13.4. The predicted molar refractivity (Wildman–Crippen MR) is 41.6 cm³/mol. The lowest BCUT2D eigenvalue weighted by atomic mass is 10.1. The number of ketones is 1. The Kier molecular flexibility index (Phi) is 5.12. The van der Waals surface area contributed by atoms with Gasteiger partial charge in [-0.2, -0.15) is 8.42 Å². The first-order chi connectivity index (χ1) is 6.31. The molecule has 4 N–H and O–H groups in total. The molecule has 8 nitrogen and oxygen atoms in total. The fourth-order valence-electron chi connectivity index (χ4n) is 0.649. The summed E-state index contributed by atoms with van der Waals surface area (Å²) in [5.41, 5.74) is 0. The summed E-state index contributed by atoms with van der Waals surface area (Å²) in [6.45, 7) is -2.04. The van der Waals surface area contributed by atoms with E-state index in [4.69, 9.17) is 19.9 Å². The third kappa shape index (κ3) is 4.60. The van der Waals surface area contributed by atoms with Gasteiger partial charge < -0.3 is 15.3 Å². The summed E-state index contributed by atoms with van der Waals surface area (Å²) in [4.78, 5) is 10.8. The van der Waals surface area contributed by atoms with Crippen LogP contribution in [0.25, 0.3) is 0 Å². The van der Waals surface area contributed by atoms with Gasteiger partial charge in [-0.05, 0) is 0 Å². The molecule has 2 atom stereocenters. The second-order valence-corrected chi connectivity index (χ2v) is 3.37. The van der Waals surface area contributed by atoms with Crippen LogP contribution in [-0.2, 0) is 19.4 Å². The Labute approximate surface area is 79.7 Å². The van der Waals surface area contributed by atoms with E-state index in [1.54, 1.807) is 0 Å². The summed E-state index contributed by atoms with van der Waals surface area (Å²) in [6, 6.07) is 0. The lowest BCUT2D eigenvalue weighted by molar-refractivity contribution is -0.135. The van der Waals surface area contributed by atoms with Crippen molar-refractivity contribution in [2.24, 2.45) is 0 Å². The normalized spacial score (nSPS) is 16.3. The minimum atomic E-state index is -4.94. The summed E-state index contributed by atoms with van der Waals surface area (Å²) >= 11 is 0. The van der Waals surface area contributed by atoms with Gasteiger partial charge >= 0.3 is 10.4 Å². The molecule has 0 aromatic rings. The van der Waals surface area contributed by atoms with Crippen LogP contribution in [0.4, 0.5) is 0 Å². The molecule has 0 unspecified atom stereocenters. The zero-order valence-electron chi connectivity index (χ0n) is 6.90. The minimum absolute atomic E-state index is 0.952. The second-order valence-electron chi connectivity index (χ2n) is 2.32. The van der Waals surface area contributed by atoms with Crippen molar-refractivity contribution in [2.45, 2.75) is 12.2 Å². The largest absolute Gasteiger partial charge is 0.398 e. The van der Waals surface area contributed by atoms with Crippen molar-refractivity contribution in [3.8, 4) is 0 Å². The summed E-state index contributed by atoms with van der Waals surface area (Å²) < 4.78 is 32.3. The Morgan fingerprint density at radius 1 is 1.36 bits per heavy atom. The smallest absolute Gasteiger partial charge is 0.394 e. The van der Waals surface area contributed by atoms with E-state index in [2.05, 4.69) is 4.18 Å². The molecule has 0 saturated carbocycles. The topological polar surface area (TPSA) is 141 Å². The Morgan fingerprint density at radius 3 is 2.14 bits per heavy atom. The quantitative estimate of drug-likeness (QED) is 0.356. The maximum Gasteiger partial charge on any atom is 0.398 e. The van der Waals surface area contributed by atoms with Crippen molar-refractivity contribution in [1.82, 2.24) is 0 Å². The number of aliphatic hydroxyl groups excluding tert-OH is 3. The number of rotatable bonds is 6. The molecule has 0 saturated heterocycles. The standard InChI is InChI=1S/C5H10O8S/c6-1-3(8)5(4(9)2-7)13-14(10,11)12/h3,5-8H,1-2H2,(H,10,11,12)/t3-,5+/m1/s1. The average molecular weight is 230 g/mol. The van der Waals surface area contributed by atoms with E-state index in [0.29, 0.717) is 0 Å². The molecule has 14 heavy (non-hydrogen) atoms. The highest BCUT2D eigenvalue weighted by atomic mass is 32.3. The molecule has 0 bridgehead atoms. The molecule has 0 rings (SSSR count). The van der Waals surface area contributed by atoms with Gasteiger partial charge in [-0.3, -0.25) is 9.35 Å². The van der Waals surface area contributed by atoms with Gasteiger partial charge in [-0.25, -0.2) is 4.18 Å². The highest BCUT2D eigenvalue weighted by Gasteiger charge is 2.31. The van der Waals surface area contributed by atoms with E-state index in [0.717, 1.165) is 0 Å². The van der Waals surface area contributed by atoms with Crippen molar-refractivity contribution in [3.05, 3.63) is 0 Å². The molecule has 0 aliphatic carbocycles. The van der Waals surface area contributed by atoms with E-state index in [1.807, 2.05) is 0 Å². The molecule has 0 amide bonds. The van der Waals surface area contributed by atoms with Crippen LogP contribution in [0.5, 0.6) is 0 Å². The Bertz CT molecular complexity index is 282. The van der Waals surface area contributed by atoms with Crippen LogP contribution in [0.3, 0.4) is 0 Å². The first-order valence-corrected chi connectivity index (χ1v) is 4.76. The van der Waals surface area contributed by atoms with Crippen molar-refractivity contribution in [1.29, 1.82) is 0 Å². The number of hydrogen-bond donors (Lipinski definition) is 4. The molecule has 0 heterocycles. The summed E-state index contributed by atoms with van der Waals surface area (Å²) in [5.74, 6) is -1.18. The van der Waals surface area contributed by atoms with Gasteiger partial charge in [0.1, 0.15) is 12.7 Å². The van der Waals surface area contributed by atoms with Crippen LogP contribution < -0.4 is 0 Å². The average Bonchev–Trinajstić information content (AvgIpc) is 2.10. The summed E-state index contributed by atoms with van der Waals surface area (Å²) in [7, 11) is -4.94. The van der Waals surface area contributed by atoms with Gasteiger partial charge in [0.25, 0.3) is 0 Å². The molecular weight excluding hydrogens is 220 g/mol. The molecule has 0 fully saturated rings. The molecule has 0 aromatic carbocycles. The fourth-order valence-corrected chi connectivity index (χ4v) is 1.15. The highest BCUT2D eigenvalue weighted by molar-refractivity contribution is 7.80. The van der Waals surface area contributed by atoms with Crippen molar-refractivity contribution in [3.63, 3.8) is 0 Å². The Balaban J connectivity index is 4.65. The summed E-state index contributed by atoms with van der Waals surface area (Å²) in [6.07, 6.45) is -3.85. The van der Waals surface area contributed by atoms with Gasteiger partial charge in [0, 0.05) is 0 Å². The van der Waals surface area contributed by atoms with Crippen molar-refractivity contribution >= 4 is 16.2 Å². The van der Waals surface area contributed by atoms with Gasteiger partial charge in [0.05, 0.1) is 6.61 Å². The zero-order valence-corrected chi connectivity index (χ0v) is 7.72. The van der Waals surface area contributed by atoms with E-state index in [1.165, 1.54) is 0 Å². The molecule has 0 aliphatic rings. The van der Waals surface area contributed by atoms with Crippen LogP contribution in [0.2, 0.25) is 0 Å². The SMILES string of the molecule is O=C(CO)[C@@H](OS(=O)(=O)O)[C@H](O)CO. The third-order valence-corrected chi connectivity index (χ3v) is 1.69. The van der Waals surface area contributed by atoms with Crippen LogP contribution in [-0.4, -0.2) is 59.5 Å². The molecule has 0 spiro atoms. The molecule has 9 heteroatoms. The van der Waals surface area contributed by atoms with Crippen LogP contribution in [0.15, 0.2) is 0 Å². The first-order valence-electron chi connectivity index (χ1n) is 3.40. The summed E-state index contributed by atoms with van der Waals surface area (Å²) in [5, 5.41) is 25.7. The van der Waals surface area contributed by atoms with Gasteiger partial charge in [-0.15, -0.1) is 0 Å². The van der Waals surface area contributed by atoms with E-state index in [-0.39, 0.29) is 0 Å². The van der Waals surface area contributed by atoms with Crippen LogP contribution >= 0.6 is 0 Å². The highest BCUT2D eigenvalue weighted by Crippen LogP contribution is 2.04. The van der Waals surface area contributed by atoms with Crippen LogP contribution in [0, 0.1) is 0 Å². The van der Waals surface area contributed by atoms with Crippen molar-refractivity contribution < 1.29 is 37.3 Å². The lowest BCUT2D eigenvalue weighted by Crippen LogP contribution is -2.41. The Morgan fingerprint density at radius 2 is 1.86 bits per heavy atom. The second kappa shape index (κ2) is 5.34. The van der Waals surface area contributed by atoms with Gasteiger partial charge in [0.15, 0.2) is 11.9 Å². The number of Topliss-reactive ketones (excluding diaryl/α,β-unsaturated/α-hetero) is 1. The Hall–Kier alpha value is -0.580. The third-order valence-electron chi connectivity index (χ3n) is 1.23. The monoisotopic (exact) mass is 230 g/mol. The molecule has 0 aliphatic heterocycles. The zero-order chi connectivity index (χ0) is 11.4. The number of hydrogen-bond acceptors (Lipinski definition) is 7. The number of carbonyl (C=O) groups is 1. The molecular formula is C5H10O8S. The minimum Gasteiger partial charge on any atom is -0.394 e. The van der Waals surface area contributed by atoms with Gasteiger partial charge in [-0.1, -0.05) is 0 Å². The lowest BCUT2D eigenvalue weighted by Gasteiger charge is -2.17. The predicted octanol–water partition coefficient (Wildman–Crippen LogP) is -2.91. The van der Waals surface area contributed by atoms with E-state index in [9.17, 15) is 13.2 Å². The van der Waals surface area contributed by atoms with E-state index < -0.39 is 41.6 Å². The molecule has 84 valence electrons. The van der Waals surface area contributed by atoms with Crippen molar-refractivity contribution in [2.75, 3.05) is 13.2 Å². The maximum atomic E-state index is 10.8. The van der Waals surface area contributed by atoms with Crippen LogP contribution in [0.1, 0.15) is 0 Å². The molecule has 0 aromatic heterocycles. The fraction of sp³-hybridized carbons (Fsp3) is 0.800. The number of aliphatic hydroxyl groups is 3. The van der Waals surface area contributed by atoms with Gasteiger partial charge in [0.2, 0.25) is 0 Å². The maximum absolute atomic E-state index is 10.8. The number of carbonyl (C=O) groups excluding carboxylic acids is 1. The van der Waals surface area contributed by atoms with E-state index >= 15 is 0 Å².